The molecule has 2 aromatic heterocycles. The quantitative estimate of drug-likeness (QED) is 0.662. The van der Waals surface area contributed by atoms with Gasteiger partial charge in [0.2, 0.25) is 0 Å². The molecule has 0 aliphatic heterocycles. The number of aromatic nitrogens is 4. The van der Waals surface area contributed by atoms with Crippen LogP contribution in [-0.2, 0) is 11.7 Å². The first-order valence-electron chi connectivity index (χ1n) is 9.15. The van der Waals surface area contributed by atoms with Crippen molar-refractivity contribution in [2.75, 3.05) is 5.32 Å². The zero-order chi connectivity index (χ0) is 19.7. The molecular formula is C19H17F4N5. The Balaban J connectivity index is 1.51. The zero-order valence-corrected chi connectivity index (χ0v) is 15.0. The van der Waals surface area contributed by atoms with Gasteiger partial charge in [-0.2, -0.15) is 22.7 Å². The summed E-state index contributed by atoms with van der Waals surface area (Å²) in [4.78, 5) is 8.90. The second-order valence-corrected chi connectivity index (χ2v) is 7.64. The first-order valence-corrected chi connectivity index (χ1v) is 9.15. The molecule has 0 atom stereocenters. The van der Waals surface area contributed by atoms with Crippen LogP contribution in [0.15, 0.2) is 24.3 Å². The van der Waals surface area contributed by atoms with Gasteiger partial charge in [-0.25, -0.2) is 9.37 Å². The predicted octanol–water partition coefficient (Wildman–Crippen LogP) is 4.57. The summed E-state index contributed by atoms with van der Waals surface area (Å²) in [6, 6.07) is 4.94. The molecule has 0 unspecified atom stereocenters. The number of anilines is 1. The molecule has 2 fully saturated rings. The third-order valence-corrected chi connectivity index (χ3v) is 5.34. The predicted molar refractivity (Wildman–Crippen MR) is 93.4 cm³/mol. The van der Waals surface area contributed by atoms with Crippen molar-refractivity contribution in [2.24, 2.45) is 0 Å². The molecule has 3 aromatic rings. The van der Waals surface area contributed by atoms with E-state index in [1.165, 1.54) is 6.07 Å². The number of halogens is 4. The Kier molecular flexibility index (Phi) is 3.51. The Bertz CT molecular complexity index is 1080. The van der Waals surface area contributed by atoms with E-state index >= 15 is 0 Å². The highest BCUT2D eigenvalue weighted by atomic mass is 19.4. The number of benzene rings is 1. The van der Waals surface area contributed by atoms with Gasteiger partial charge in [-0.3, -0.25) is 0 Å². The smallest absolute Gasteiger partial charge is 0.360 e. The van der Waals surface area contributed by atoms with Crippen molar-refractivity contribution in [3.05, 3.63) is 52.7 Å². The third kappa shape index (κ3) is 2.89. The molecule has 2 saturated carbocycles. The molecule has 9 heteroatoms. The minimum atomic E-state index is -4.71. The topological polar surface area (TPSA) is 55.1 Å². The van der Waals surface area contributed by atoms with Crippen LogP contribution in [0.25, 0.3) is 5.78 Å². The van der Waals surface area contributed by atoms with E-state index < -0.39 is 23.1 Å². The van der Waals surface area contributed by atoms with Crippen LogP contribution < -0.4 is 5.32 Å². The number of alkyl halides is 3. The molecule has 0 spiro atoms. The van der Waals surface area contributed by atoms with Gasteiger partial charge in [0, 0.05) is 17.7 Å². The molecule has 5 nitrogen and oxygen atoms in total. The molecule has 28 heavy (non-hydrogen) atoms. The third-order valence-electron chi connectivity index (χ3n) is 5.34. The molecule has 1 aromatic carbocycles. The molecule has 0 bridgehead atoms. The molecule has 5 rings (SSSR count). The fraction of sp³-hybridized carbons (Fsp3) is 0.421. The van der Waals surface area contributed by atoms with E-state index in [9.17, 15) is 17.6 Å². The maximum Gasteiger partial charge on any atom is 0.419 e. The molecule has 146 valence electrons. The van der Waals surface area contributed by atoms with Gasteiger partial charge in [0.25, 0.3) is 5.78 Å². The Morgan fingerprint density at radius 2 is 1.89 bits per heavy atom. The van der Waals surface area contributed by atoms with Gasteiger partial charge in [0.05, 0.1) is 11.1 Å². The van der Waals surface area contributed by atoms with E-state index in [0.29, 0.717) is 35.9 Å². The Labute approximate surface area is 157 Å². The molecule has 0 amide bonds. The van der Waals surface area contributed by atoms with Crippen LogP contribution in [0.3, 0.4) is 0 Å². The molecule has 2 aliphatic rings. The van der Waals surface area contributed by atoms with Gasteiger partial charge in [0.1, 0.15) is 11.6 Å². The summed E-state index contributed by atoms with van der Waals surface area (Å²) < 4.78 is 54.2. The number of hydrogen-bond acceptors (Lipinski definition) is 4. The van der Waals surface area contributed by atoms with E-state index in [4.69, 9.17) is 0 Å². The van der Waals surface area contributed by atoms with Crippen LogP contribution in [-0.4, -0.2) is 19.6 Å². The van der Waals surface area contributed by atoms with Crippen molar-refractivity contribution >= 4 is 11.6 Å². The lowest BCUT2D eigenvalue weighted by Gasteiger charge is -2.21. The number of nitrogens with one attached hydrogen (secondary N) is 1. The molecule has 1 N–H and O–H groups in total. The van der Waals surface area contributed by atoms with Crippen LogP contribution in [0, 0.1) is 12.7 Å². The van der Waals surface area contributed by atoms with Gasteiger partial charge >= 0.3 is 6.18 Å². The van der Waals surface area contributed by atoms with Crippen LogP contribution >= 0.6 is 0 Å². The highest BCUT2D eigenvalue weighted by Gasteiger charge is 2.46. The fourth-order valence-electron chi connectivity index (χ4n) is 3.50. The van der Waals surface area contributed by atoms with Crippen molar-refractivity contribution in [3.8, 4) is 0 Å². The Morgan fingerprint density at radius 1 is 1.14 bits per heavy atom. The van der Waals surface area contributed by atoms with E-state index in [-0.39, 0.29) is 0 Å². The van der Waals surface area contributed by atoms with Crippen molar-refractivity contribution in [1.29, 1.82) is 0 Å². The van der Waals surface area contributed by atoms with E-state index in [2.05, 4.69) is 20.4 Å². The molecular weight excluding hydrogens is 374 g/mol. The van der Waals surface area contributed by atoms with Gasteiger partial charge in [-0.15, -0.1) is 5.10 Å². The Hall–Kier alpha value is -2.71. The van der Waals surface area contributed by atoms with Crippen molar-refractivity contribution in [2.45, 2.75) is 50.2 Å². The fourth-order valence-corrected chi connectivity index (χ4v) is 3.50. The highest BCUT2D eigenvalue weighted by Crippen LogP contribution is 2.49. The summed E-state index contributed by atoms with van der Waals surface area (Å²) in [5.74, 6) is 1.00. The van der Waals surface area contributed by atoms with Gasteiger partial charge in [-0.1, -0.05) is 6.07 Å². The number of fused-ring (bicyclic) bond motifs is 1. The molecule has 2 aliphatic carbocycles. The lowest BCUT2D eigenvalue weighted by Crippen LogP contribution is -2.22. The number of rotatable bonds is 4. The summed E-state index contributed by atoms with van der Waals surface area (Å²) in [7, 11) is 0. The van der Waals surface area contributed by atoms with Crippen molar-refractivity contribution in [1.82, 2.24) is 19.6 Å². The van der Waals surface area contributed by atoms with E-state index in [1.807, 2.05) is 13.0 Å². The first kappa shape index (κ1) is 17.4. The molecule has 0 saturated heterocycles. The molecule has 2 heterocycles. The lowest BCUT2D eigenvalue weighted by atomic mass is 10.0. The summed E-state index contributed by atoms with van der Waals surface area (Å²) in [6.45, 7) is 1.84. The minimum absolute atomic E-state index is 0.369. The minimum Gasteiger partial charge on any atom is -0.360 e. The SMILES string of the molecule is Cc1cc(NC2(c3ccc(C(F)(F)F)c(F)c3)CC2)n2nc(C3CC3)nc2n1. The monoisotopic (exact) mass is 391 g/mol. The van der Waals surface area contributed by atoms with Crippen LogP contribution in [0.4, 0.5) is 23.4 Å². The number of aryl methyl sites for hydroxylation is 1. The van der Waals surface area contributed by atoms with Crippen molar-refractivity contribution in [3.63, 3.8) is 0 Å². The highest BCUT2D eigenvalue weighted by molar-refractivity contribution is 5.51. The van der Waals surface area contributed by atoms with Gasteiger partial charge in [-0.05, 0) is 50.3 Å². The summed E-state index contributed by atoms with van der Waals surface area (Å²) in [5.41, 5.74) is -0.626. The van der Waals surface area contributed by atoms with E-state index in [1.54, 1.807) is 4.52 Å². The van der Waals surface area contributed by atoms with Crippen LogP contribution in [0.2, 0.25) is 0 Å². The zero-order valence-electron chi connectivity index (χ0n) is 15.0. The summed E-state index contributed by atoms with van der Waals surface area (Å²) in [6.07, 6.45) is -1.21. The second-order valence-electron chi connectivity index (χ2n) is 7.64. The van der Waals surface area contributed by atoms with Crippen LogP contribution in [0.5, 0.6) is 0 Å². The summed E-state index contributed by atoms with van der Waals surface area (Å²) >= 11 is 0. The molecule has 0 radical (unpaired) electrons. The Morgan fingerprint density at radius 3 is 2.50 bits per heavy atom. The largest absolute Gasteiger partial charge is 0.419 e. The maximum atomic E-state index is 14.1. The van der Waals surface area contributed by atoms with Crippen LogP contribution in [0.1, 0.15) is 54.2 Å². The normalized spacial score (nSPS) is 18.5. The van der Waals surface area contributed by atoms with Crippen molar-refractivity contribution < 1.29 is 17.6 Å². The standard InChI is InChI=1S/C19H17F4N5/c1-10-8-15(28-17(24-10)25-16(27-28)11-2-3-11)26-18(6-7-18)12-4-5-13(14(20)9-12)19(21,22)23/h4-5,8-9,11,26H,2-3,6-7H2,1H3. The number of nitrogens with zero attached hydrogens (tertiary/aromatic N) is 4. The van der Waals surface area contributed by atoms with Gasteiger partial charge in [0.15, 0.2) is 5.82 Å². The lowest BCUT2D eigenvalue weighted by molar-refractivity contribution is -0.140. The number of hydrogen-bond donors (Lipinski definition) is 1. The summed E-state index contributed by atoms with van der Waals surface area (Å²) in [5, 5.41) is 7.90. The second kappa shape index (κ2) is 5.65. The first-order chi connectivity index (χ1) is 13.2. The average molecular weight is 391 g/mol. The van der Waals surface area contributed by atoms with Gasteiger partial charge < -0.3 is 5.32 Å². The average Bonchev–Trinajstić information content (AvgIpc) is 3.53. The van der Waals surface area contributed by atoms with E-state index in [0.717, 1.165) is 36.5 Å². The maximum absolute atomic E-state index is 14.1.